The van der Waals surface area contributed by atoms with Gasteiger partial charge < -0.3 is 16.0 Å². The number of nitrogens with zero attached hydrogens (tertiary/aromatic N) is 1. The van der Waals surface area contributed by atoms with E-state index >= 15 is 0 Å². The van der Waals surface area contributed by atoms with Crippen LogP contribution in [0.4, 0.5) is 0 Å². The Kier molecular flexibility index (Phi) is 10.4. The predicted octanol–water partition coefficient (Wildman–Crippen LogP) is 3.46. The Morgan fingerprint density at radius 1 is 1.08 bits per heavy atom. The van der Waals surface area contributed by atoms with E-state index in [1.807, 2.05) is 31.2 Å². The zero-order chi connectivity index (χ0) is 18.5. The van der Waals surface area contributed by atoms with Crippen LogP contribution < -0.4 is 16.0 Å². The fraction of sp³-hybridized carbons (Fsp3) is 0.600. The highest BCUT2D eigenvalue weighted by atomic mass is 16.1. The molecule has 0 aliphatic rings. The van der Waals surface area contributed by atoms with Crippen LogP contribution in [0.3, 0.4) is 0 Å². The number of carbonyl (C=O) groups excluding carboxylic acids is 1. The van der Waals surface area contributed by atoms with Crippen molar-refractivity contribution in [1.29, 1.82) is 0 Å². The zero-order valence-electron chi connectivity index (χ0n) is 16.2. The van der Waals surface area contributed by atoms with Gasteiger partial charge in [0.2, 0.25) is 0 Å². The fourth-order valence-corrected chi connectivity index (χ4v) is 2.60. The number of benzene rings is 1. The van der Waals surface area contributed by atoms with Crippen LogP contribution in [0.25, 0.3) is 0 Å². The quantitative estimate of drug-likeness (QED) is 0.345. The largest absolute Gasteiger partial charge is 0.354 e. The molecule has 0 radical (unpaired) electrons. The third kappa shape index (κ3) is 8.57. The molecule has 0 aromatic heterocycles. The summed E-state index contributed by atoms with van der Waals surface area (Å²) in [5, 5.41) is 9.57. The van der Waals surface area contributed by atoms with Gasteiger partial charge in [-0.2, -0.15) is 0 Å². The van der Waals surface area contributed by atoms with Gasteiger partial charge in [0.25, 0.3) is 5.91 Å². The summed E-state index contributed by atoms with van der Waals surface area (Å²) in [7, 11) is 1.79. The molecule has 1 atom stereocenters. The molecule has 3 N–H and O–H groups in total. The van der Waals surface area contributed by atoms with E-state index in [9.17, 15) is 4.79 Å². The van der Waals surface area contributed by atoms with Crippen molar-refractivity contribution in [2.24, 2.45) is 4.99 Å². The lowest BCUT2D eigenvalue weighted by Gasteiger charge is -2.18. The van der Waals surface area contributed by atoms with Crippen LogP contribution >= 0.6 is 0 Å². The highest BCUT2D eigenvalue weighted by molar-refractivity contribution is 5.94. The molecule has 140 valence electrons. The van der Waals surface area contributed by atoms with Gasteiger partial charge in [-0.3, -0.25) is 9.79 Å². The highest BCUT2D eigenvalue weighted by Crippen LogP contribution is 2.06. The average Bonchev–Trinajstić information content (AvgIpc) is 2.63. The van der Waals surface area contributed by atoms with Gasteiger partial charge in [0, 0.05) is 31.7 Å². The normalized spacial score (nSPS) is 12.6. The summed E-state index contributed by atoms with van der Waals surface area (Å²) in [6, 6.07) is 8.06. The third-order valence-corrected chi connectivity index (χ3v) is 4.11. The molecule has 0 aliphatic carbocycles. The molecule has 5 heteroatoms. The number of unbranched alkanes of at least 4 members (excludes halogenated alkanes) is 3. The molecule has 1 aromatic rings. The smallest absolute Gasteiger partial charge is 0.251 e. The molecule has 0 aliphatic heterocycles. The summed E-state index contributed by atoms with van der Waals surface area (Å²) < 4.78 is 0. The van der Waals surface area contributed by atoms with Crippen molar-refractivity contribution >= 4 is 11.9 Å². The van der Waals surface area contributed by atoms with Gasteiger partial charge >= 0.3 is 0 Å². The van der Waals surface area contributed by atoms with E-state index in [-0.39, 0.29) is 5.91 Å². The lowest BCUT2D eigenvalue weighted by molar-refractivity contribution is 0.0956. The average molecular weight is 347 g/mol. The second-order valence-corrected chi connectivity index (χ2v) is 6.38. The first-order valence-electron chi connectivity index (χ1n) is 9.45. The molecule has 0 saturated carbocycles. The van der Waals surface area contributed by atoms with Crippen LogP contribution in [0.5, 0.6) is 0 Å². The topological polar surface area (TPSA) is 65.5 Å². The van der Waals surface area contributed by atoms with Gasteiger partial charge in [0.05, 0.1) is 0 Å². The van der Waals surface area contributed by atoms with Crippen LogP contribution in [0.1, 0.15) is 68.8 Å². The van der Waals surface area contributed by atoms with Crippen molar-refractivity contribution in [1.82, 2.24) is 16.0 Å². The van der Waals surface area contributed by atoms with Gasteiger partial charge in [-0.25, -0.2) is 0 Å². The number of aliphatic imine (C=N–C) groups is 1. The number of rotatable bonds is 10. The Labute approximate surface area is 152 Å². The lowest BCUT2D eigenvalue weighted by Crippen LogP contribution is -2.41. The molecule has 1 rings (SSSR count). The first-order valence-corrected chi connectivity index (χ1v) is 9.45. The Bertz CT molecular complexity index is 525. The molecule has 25 heavy (non-hydrogen) atoms. The minimum absolute atomic E-state index is 0.0311. The number of hydrogen-bond acceptors (Lipinski definition) is 2. The van der Waals surface area contributed by atoms with E-state index in [0.29, 0.717) is 24.7 Å². The van der Waals surface area contributed by atoms with Crippen LogP contribution in [0.15, 0.2) is 29.3 Å². The summed E-state index contributed by atoms with van der Waals surface area (Å²) in [6.45, 7) is 7.66. The Balaban J connectivity index is 2.40. The molecular weight excluding hydrogens is 312 g/mol. The summed E-state index contributed by atoms with van der Waals surface area (Å²) >= 11 is 0. The van der Waals surface area contributed by atoms with Crippen molar-refractivity contribution in [2.75, 3.05) is 13.6 Å². The van der Waals surface area contributed by atoms with Crippen molar-refractivity contribution in [3.8, 4) is 0 Å². The standard InChI is InChI=1S/C20H34N4O/c1-5-7-8-9-10-16(3)24-20(21-4)23-15-17-11-13-18(14-12-17)19(25)22-6-2/h11-14,16H,5-10,15H2,1-4H3,(H,22,25)(H2,21,23,24). The van der Waals surface area contributed by atoms with Crippen LogP contribution in [-0.2, 0) is 6.54 Å². The van der Waals surface area contributed by atoms with Crippen molar-refractivity contribution < 1.29 is 4.79 Å². The van der Waals surface area contributed by atoms with E-state index in [1.54, 1.807) is 7.05 Å². The Hall–Kier alpha value is -2.04. The summed E-state index contributed by atoms with van der Waals surface area (Å²) in [5.41, 5.74) is 1.81. The third-order valence-electron chi connectivity index (χ3n) is 4.11. The summed E-state index contributed by atoms with van der Waals surface area (Å²) in [5.74, 6) is 0.784. The molecule has 0 saturated heterocycles. The number of guanidine groups is 1. The van der Waals surface area contributed by atoms with E-state index in [0.717, 1.165) is 17.9 Å². The number of hydrogen-bond donors (Lipinski definition) is 3. The molecule has 1 aromatic carbocycles. The predicted molar refractivity (Wildman–Crippen MR) is 106 cm³/mol. The maximum atomic E-state index is 11.8. The second kappa shape index (κ2) is 12.3. The molecule has 0 heterocycles. The highest BCUT2D eigenvalue weighted by Gasteiger charge is 2.06. The molecular formula is C20H34N4O. The Morgan fingerprint density at radius 2 is 1.80 bits per heavy atom. The van der Waals surface area contributed by atoms with Gasteiger partial charge in [-0.15, -0.1) is 0 Å². The zero-order valence-corrected chi connectivity index (χ0v) is 16.2. The van der Waals surface area contributed by atoms with Crippen LogP contribution in [-0.4, -0.2) is 31.5 Å². The summed E-state index contributed by atoms with van der Waals surface area (Å²) in [4.78, 5) is 16.0. The second-order valence-electron chi connectivity index (χ2n) is 6.38. The SMILES string of the molecule is CCCCCCC(C)NC(=NC)NCc1ccc(C(=O)NCC)cc1. The van der Waals surface area contributed by atoms with Gasteiger partial charge in [0.15, 0.2) is 5.96 Å². The van der Waals surface area contributed by atoms with E-state index in [4.69, 9.17) is 0 Å². The molecule has 0 spiro atoms. The van der Waals surface area contributed by atoms with Gasteiger partial charge in [-0.05, 0) is 38.0 Å². The van der Waals surface area contributed by atoms with Gasteiger partial charge in [-0.1, -0.05) is 44.7 Å². The molecule has 1 amide bonds. The maximum absolute atomic E-state index is 11.8. The van der Waals surface area contributed by atoms with E-state index in [1.165, 1.54) is 25.7 Å². The fourth-order valence-electron chi connectivity index (χ4n) is 2.60. The number of carbonyl (C=O) groups is 1. The first kappa shape index (κ1) is 21.0. The maximum Gasteiger partial charge on any atom is 0.251 e. The van der Waals surface area contributed by atoms with E-state index < -0.39 is 0 Å². The number of nitrogens with one attached hydrogen (secondary N) is 3. The summed E-state index contributed by atoms with van der Waals surface area (Å²) in [6.07, 6.45) is 6.28. The van der Waals surface area contributed by atoms with Gasteiger partial charge in [0.1, 0.15) is 0 Å². The minimum Gasteiger partial charge on any atom is -0.354 e. The van der Waals surface area contributed by atoms with Crippen molar-refractivity contribution in [2.45, 2.75) is 65.5 Å². The van der Waals surface area contributed by atoms with Crippen LogP contribution in [0.2, 0.25) is 0 Å². The van der Waals surface area contributed by atoms with E-state index in [2.05, 4.69) is 34.8 Å². The minimum atomic E-state index is -0.0311. The lowest BCUT2D eigenvalue weighted by atomic mass is 10.1. The molecule has 5 nitrogen and oxygen atoms in total. The number of amides is 1. The Morgan fingerprint density at radius 3 is 2.40 bits per heavy atom. The van der Waals surface area contributed by atoms with Crippen LogP contribution in [0, 0.1) is 0 Å². The monoisotopic (exact) mass is 346 g/mol. The molecule has 1 unspecified atom stereocenters. The van der Waals surface area contributed by atoms with Crippen molar-refractivity contribution in [3.05, 3.63) is 35.4 Å². The first-order chi connectivity index (χ1) is 12.1. The molecule has 0 bridgehead atoms. The molecule has 0 fully saturated rings. The van der Waals surface area contributed by atoms with Crippen molar-refractivity contribution in [3.63, 3.8) is 0 Å².